The van der Waals surface area contributed by atoms with Gasteiger partial charge in [-0.2, -0.15) is 0 Å². The Labute approximate surface area is 91.7 Å². The van der Waals surface area contributed by atoms with E-state index < -0.39 is 0 Å². The van der Waals surface area contributed by atoms with Crippen molar-refractivity contribution in [2.24, 2.45) is 5.92 Å². The molecule has 0 aliphatic carbocycles. The molecule has 1 aromatic carbocycles. The lowest BCUT2D eigenvalue weighted by Crippen LogP contribution is -2.35. The molecule has 2 N–H and O–H groups in total. The maximum atomic E-state index is 11.5. The SMILES string of the molecule is O=C1Nc2nc3ccccc3n2CC1CO. The van der Waals surface area contributed by atoms with E-state index in [1.165, 1.54) is 0 Å². The summed E-state index contributed by atoms with van der Waals surface area (Å²) in [7, 11) is 0. The van der Waals surface area contributed by atoms with E-state index in [9.17, 15) is 4.79 Å². The maximum absolute atomic E-state index is 11.5. The van der Waals surface area contributed by atoms with Crippen molar-refractivity contribution in [2.75, 3.05) is 11.9 Å². The molecule has 16 heavy (non-hydrogen) atoms. The second-order valence-corrected chi connectivity index (χ2v) is 3.90. The molecule has 5 heteroatoms. The fraction of sp³-hybridized carbons (Fsp3) is 0.273. The molecule has 1 amide bonds. The van der Waals surface area contributed by atoms with Gasteiger partial charge in [0.05, 0.1) is 23.6 Å². The molecule has 0 fully saturated rings. The molecule has 2 aromatic rings. The highest BCUT2D eigenvalue weighted by molar-refractivity contribution is 5.95. The number of benzene rings is 1. The van der Waals surface area contributed by atoms with Crippen LogP contribution in [0.2, 0.25) is 0 Å². The van der Waals surface area contributed by atoms with Gasteiger partial charge in [-0.1, -0.05) is 12.1 Å². The minimum atomic E-state index is -0.384. The summed E-state index contributed by atoms with van der Waals surface area (Å²) in [5.74, 6) is 0.0197. The molecule has 1 atom stereocenters. The van der Waals surface area contributed by atoms with Gasteiger partial charge in [0, 0.05) is 6.54 Å². The Morgan fingerprint density at radius 3 is 3.12 bits per heavy atom. The van der Waals surface area contributed by atoms with Crippen LogP contribution in [-0.2, 0) is 11.3 Å². The number of hydrogen-bond acceptors (Lipinski definition) is 3. The lowest BCUT2D eigenvalue weighted by Gasteiger charge is -2.22. The van der Waals surface area contributed by atoms with E-state index >= 15 is 0 Å². The van der Waals surface area contributed by atoms with Crippen LogP contribution in [0.4, 0.5) is 5.95 Å². The molecule has 2 heterocycles. The number of imidazole rings is 1. The van der Waals surface area contributed by atoms with E-state index in [2.05, 4.69) is 10.3 Å². The maximum Gasteiger partial charge on any atom is 0.233 e. The van der Waals surface area contributed by atoms with Gasteiger partial charge >= 0.3 is 0 Å². The first-order chi connectivity index (χ1) is 7.79. The van der Waals surface area contributed by atoms with Gasteiger partial charge in [-0.3, -0.25) is 10.1 Å². The predicted molar refractivity (Wildman–Crippen MR) is 58.9 cm³/mol. The number of rotatable bonds is 1. The van der Waals surface area contributed by atoms with Gasteiger partial charge in [-0.05, 0) is 12.1 Å². The molecule has 82 valence electrons. The average molecular weight is 217 g/mol. The smallest absolute Gasteiger partial charge is 0.233 e. The Bertz CT molecular complexity index is 561. The second kappa shape index (κ2) is 3.31. The highest BCUT2D eigenvalue weighted by Crippen LogP contribution is 2.24. The number of carbonyl (C=O) groups excluding carboxylic acids is 1. The van der Waals surface area contributed by atoms with Crippen molar-refractivity contribution >= 4 is 22.9 Å². The first-order valence-corrected chi connectivity index (χ1v) is 5.16. The summed E-state index contributed by atoms with van der Waals surface area (Å²) in [5, 5.41) is 11.8. The van der Waals surface area contributed by atoms with Crippen LogP contribution in [-0.4, -0.2) is 27.2 Å². The van der Waals surface area contributed by atoms with E-state index in [1.54, 1.807) is 0 Å². The number of amides is 1. The number of anilines is 1. The third-order valence-corrected chi connectivity index (χ3v) is 2.88. The molecular formula is C11H11N3O2. The molecule has 1 aliphatic heterocycles. The summed E-state index contributed by atoms with van der Waals surface area (Å²) >= 11 is 0. The second-order valence-electron chi connectivity index (χ2n) is 3.90. The molecule has 0 spiro atoms. The van der Waals surface area contributed by atoms with E-state index in [1.807, 2.05) is 28.8 Å². The number of nitrogens with zero attached hydrogens (tertiary/aromatic N) is 2. The Balaban J connectivity index is 2.17. The molecule has 5 nitrogen and oxygen atoms in total. The molecule has 0 radical (unpaired) electrons. The van der Waals surface area contributed by atoms with Gasteiger partial charge in [0.25, 0.3) is 0 Å². The van der Waals surface area contributed by atoms with Crippen LogP contribution in [0.15, 0.2) is 24.3 Å². The van der Waals surface area contributed by atoms with Gasteiger partial charge in [-0.15, -0.1) is 0 Å². The largest absolute Gasteiger partial charge is 0.395 e. The fourth-order valence-corrected chi connectivity index (χ4v) is 2.01. The number of aromatic nitrogens is 2. The monoisotopic (exact) mass is 217 g/mol. The van der Waals surface area contributed by atoms with Crippen molar-refractivity contribution in [2.45, 2.75) is 6.54 Å². The first kappa shape index (κ1) is 9.35. The zero-order valence-electron chi connectivity index (χ0n) is 8.55. The Hall–Kier alpha value is -1.88. The zero-order chi connectivity index (χ0) is 11.1. The van der Waals surface area contributed by atoms with Gasteiger partial charge in [0.2, 0.25) is 11.9 Å². The molecule has 0 bridgehead atoms. The molecular weight excluding hydrogens is 206 g/mol. The normalized spacial score (nSPS) is 19.6. The minimum absolute atomic E-state index is 0.141. The van der Waals surface area contributed by atoms with Crippen molar-refractivity contribution < 1.29 is 9.90 Å². The third kappa shape index (κ3) is 1.22. The van der Waals surface area contributed by atoms with Crippen molar-refractivity contribution in [3.8, 4) is 0 Å². The van der Waals surface area contributed by atoms with E-state index in [4.69, 9.17) is 5.11 Å². The quantitative estimate of drug-likeness (QED) is 0.735. The van der Waals surface area contributed by atoms with Crippen molar-refractivity contribution in [3.05, 3.63) is 24.3 Å². The molecule has 1 aromatic heterocycles. The van der Waals surface area contributed by atoms with E-state index in [0.29, 0.717) is 12.5 Å². The summed E-state index contributed by atoms with van der Waals surface area (Å²) < 4.78 is 1.93. The van der Waals surface area contributed by atoms with E-state index in [-0.39, 0.29) is 18.4 Å². The molecule has 0 saturated carbocycles. The summed E-state index contributed by atoms with van der Waals surface area (Å²) in [5.41, 5.74) is 1.84. The lowest BCUT2D eigenvalue weighted by molar-refractivity contribution is -0.122. The zero-order valence-corrected chi connectivity index (χ0v) is 8.55. The third-order valence-electron chi connectivity index (χ3n) is 2.88. The van der Waals surface area contributed by atoms with Crippen molar-refractivity contribution in [1.82, 2.24) is 9.55 Å². The van der Waals surface area contributed by atoms with Crippen molar-refractivity contribution in [1.29, 1.82) is 0 Å². The Morgan fingerprint density at radius 1 is 1.50 bits per heavy atom. The van der Waals surface area contributed by atoms with Crippen LogP contribution in [0.1, 0.15) is 0 Å². The van der Waals surface area contributed by atoms with Crippen molar-refractivity contribution in [3.63, 3.8) is 0 Å². The number of hydrogen-bond donors (Lipinski definition) is 2. The average Bonchev–Trinajstić information content (AvgIpc) is 2.65. The van der Waals surface area contributed by atoms with Crippen LogP contribution in [0.3, 0.4) is 0 Å². The van der Waals surface area contributed by atoms with Crippen LogP contribution >= 0.6 is 0 Å². The predicted octanol–water partition coefficient (Wildman–Crippen LogP) is 0.597. The molecule has 0 saturated heterocycles. The standard InChI is InChI=1S/C11H11N3O2/c15-6-7-5-14-9-4-2-1-3-8(9)12-11(14)13-10(7)16/h1-4,7,15H,5-6H2,(H,12,13,16). The first-order valence-electron chi connectivity index (χ1n) is 5.16. The number of para-hydroxylation sites is 2. The van der Waals surface area contributed by atoms with Gasteiger partial charge in [0.15, 0.2) is 0 Å². The number of carbonyl (C=O) groups is 1. The van der Waals surface area contributed by atoms with Crippen LogP contribution < -0.4 is 5.32 Å². The lowest BCUT2D eigenvalue weighted by atomic mass is 10.1. The number of aliphatic hydroxyl groups is 1. The van der Waals surface area contributed by atoms with Crippen LogP contribution in [0, 0.1) is 5.92 Å². The van der Waals surface area contributed by atoms with Gasteiger partial charge in [-0.25, -0.2) is 4.98 Å². The summed E-state index contributed by atoms with van der Waals surface area (Å²) in [4.78, 5) is 15.9. The topological polar surface area (TPSA) is 67.2 Å². The summed E-state index contributed by atoms with van der Waals surface area (Å²) in [6.45, 7) is 0.343. The number of fused-ring (bicyclic) bond motifs is 3. The molecule has 1 aliphatic rings. The van der Waals surface area contributed by atoms with Crippen LogP contribution in [0.5, 0.6) is 0 Å². The van der Waals surface area contributed by atoms with Gasteiger partial charge < -0.3 is 9.67 Å². The Kier molecular flexibility index (Phi) is 1.94. The Morgan fingerprint density at radius 2 is 2.31 bits per heavy atom. The summed E-state index contributed by atoms with van der Waals surface area (Å²) in [6, 6.07) is 7.70. The highest BCUT2D eigenvalue weighted by Gasteiger charge is 2.27. The fourth-order valence-electron chi connectivity index (χ4n) is 2.01. The highest BCUT2D eigenvalue weighted by atomic mass is 16.3. The number of aliphatic hydroxyl groups excluding tert-OH is 1. The van der Waals surface area contributed by atoms with Crippen LogP contribution in [0.25, 0.3) is 11.0 Å². The minimum Gasteiger partial charge on any atom is -0.395 e. The number of nitrogens with one attached hydrogen (secondary N) is 1. The summed E-state index contributed by atoms with van der Waals surface area (Å²) in [6.07, 6.45) is 0. The molecule has 3 rings (SSSR count). The van der Waals surface area contributed by atoms with E-state index in [0.717, 1.165) is 11.0 Å². The van der Waals surface area contributed by atoms with Gasteiger partial charge in [0.1, 0.15) is 0 Å². The molecule has 1 unspecified atom stereocenters.